The Hall–Kier alpha value is -1.83. The second-order valence-electron chi connectivity index (χ2n) is 9.23. The number of ether oxygens (including phenoxy) is 1. The lowest BCUT2D eigenvalue weighted by Gasteiger charge is -2.63. The molecule has 0 bridgehead atoms. The molecule has 1 fully saturated rings. The van der Waals surface area contributed by atoms with Gasteiger partial charge in [0.2, 0.25) is 0 Å². The van der Waals surface area contributed by atoms with E-state index < -0.39 is 0 Å². The average molecular weight is 489 g/mol. The summed E-state index contributed by atoms with van der Waals surface area (Å²) < 4.78 is 7.32. The molecule has 0 spiro atoms. The van der Waals surface area contributed by atoms with Gasteiger partial charge >= 0.3 is 0 Å². The third-order valence-corrected chi connectivity index (χ3v) is 7.41. The Bertz CT molecular complexity index is 1010. The first-order chi connectivity index (χ1) is 14.0. The number of nitrogens with zero attached hydrogens (tertiary/aromatic N) is 1. The summed E-state index contributed by atoms with van der Waals surface area (Å²) in [4.78, 5) is 13.2. The van der Waals surface area contributed by atoms with Crippen LogP contribution in [0.1, 0.15) is 62.5 Å². The van der Waals surface area contributed by atoms with Crippen LogP contribution in [0.25, 0.3) is 0 Å². The molecule has 3 rings (SSSR count). The lowest BCUT2D eigenvalue weighted by Crippen LogP contribution is -2.66. The maximum Gasteiger partial charge on any atom is 0.163 e. The highest BCUT2D eigenvalue weighted by Crippen LogP contribution is 2.61. The number of nitriles is 1. The molecule has 0 heterocycles. The van der Waals surface area contributed by atoms with Crippen LogP contribution < -0.4 is 4.74 Å². The van der Waals surface area contributed by atoms with E-state index in [1.54, 1.807) is 18.2 Å². The molecular formula is C25H27BrClNO2. The third-order valence-electron chi connectivity index (χ3n) is 6.60. The van der Waals surface area contributed by atoms with E-state index in [0.29, 0.717) is 22.8 Å². The van der Waals surface area contributed by atoms with Gasteiger partial charge in [-0.1, -0.05) is 68.2 Å². The van der Waals surface area contributed by atoms with Crippen molar-refractivity contribution >= 4 is 33.3 Å². The van der Waals surface area contributed by atoms with Crippen LogP contribution in [-0.4, -0.2) is 11.9 Å². The Balaban J connectivity index is 1.79. The zero-order valence-corrected chi connectivity index (χ0v) is 20.4. The summed E-state index contributed by atoms with van der Waals surface area (Å²) in [6, 6.07) is 13.1. The minimum absolute atomic E-state index is 0.0673. The molecule has 0 aromatic heterocycles. The Labute approximate surface area is 192 Å². The van der Waals surface area contributed by atoms with Gasteiger partial charge in [0, 0.05) is 33.4 Å². The number of carbonyl (C=O) groups is 1. The van der Waals surface area contributed by atoms with Gasteiger partial charge < -0.3 is 4.74 Å². The number of benzene rings is 2. The molecule has 2 aromatic rings. The van der Waals surface area contributed by atoms with E-state index in [1.165, 1.54) is 0 Å². The van der Waals surface area contributed by atoms with E-state index in [4.69, 9.17) is 21.6 Å². The van der Waals surface area contributed by atoms with Crippen molar-refractivity contribution in [2.24, 2.45) is 16.7 Å². The molecule has 1 aliphatic rings. The number of carbonyl (C=O) groups excluding carboxylic acids is 1. The monoisotopic (exact) mass is 487 g/mol. The molecule has 1 aliphatic carbocycles. The first kappa shape index (κ1) is 22.8. The molecule has 30 heavy (non-hydrogen) atoms. The van der Waals surface area contributed by atoms with Crippen molar-refractivity contribution in [1.29, 1.82) is 5.26 Å². The lowest BCUT2D eigenvalue weighted by atomic mass is 9.44. The van der Waals surface area contributed by atoms with Crippen LogP contribution in [-0.2, 0) is 6.42 Å². The second-order valence-corrected chi connectivity index (χ2v) is 10.6. The molecule has 5 heteroatoms. The standard InChI is InChI=1S/C25H27BrClNO2/c1-6-15-11-17(26)8-10-19(15)21(29)13-22-24(2,3)23(25(22,4)5)30-18-9-7-16(14-28)20(27)12-18/h7-12,22-23H,6,13H2,1-5H3. The Morgan fingerprint density at radius 3 is 2.40 bits per heavy atom. The van der Waals surface area contributed by atoms with Gasteiger partial charge in [-0.3, -0.25) is 4.79 Å². The Kier molecular flexibility index (Phi) is 6.37. The highest BCUT2D eigenvalue weighted by Gasteiger charge is 2.63. The quantitative estimate of drug-likeness (QED) is 0.403. The zero-order valence-electron chi connectivity index (χ0n) is 18.1. The topological polar surface area (TPSA) is 50.1 Å². The van der Waals surface area contributed by atoms with E-state index >= 15 is 0 Å². The van der Waals surface area contributed by atoms with Gasteiger partial charge in [-0.25, -0.2) is 0 Å². The van der Waals surface area contributed by atoms with Crippen LogP contribution in [0.2, 0.25) is 5.02 Å². The van der Waals surface area contributed by atoms with Gasteiger partial charge in [-0.2, -0.15) is 5.26 Å². The maximum atomic E-state index is 13.2. The number of ketones is 1. The van der Waals surface area contributed by atoms with Crippen molar-refractivity contribution in [3.8, 4) is 11.8 Å². The average Bonchev–Trinajstić information content (AvgIpc) is 2.69. The van der Waals surface area contributed by atoms with Crippen LogP contribution in [0.3, 0.4) is 0 Å². The smallest absolute Gasteiger partial charge is 0.163 e. The highest BCUT2D eigenvalue weighted by atomic mass is 79.9. The summed E-state index contributed by atoms with van der Waals surface area (Å²) in [5.74, 6) is 1.02. The van der Waals surface area contributed by atoms with Gasteiger partial charge in [0.1, 0.15) is 17.9 Å². The Morgan fingerprint density at radius 1 is 1.17 bits per heavy atom. The van der Waals surface area contributed by atoms with Gasteiger partial charge in [-0.15, -0.1) is 0 Å². The minimum Gasteiger partial charge on any atom is -0.489 e. The van der Waals surface area contributed by atoms with E-state index in [0.717, 1.165) is 22.0 Å². The molecule has 0 saturated heterocycles. The molecule has 2 aromatic carbocycles. The first-order valence-electron chi connectivity index (χ1n) is 10.2. The van der Waals surface area contributed by atoms with Crippen LogP contribution in [0.5, 0.6) is 5.75 Å². The molecule has 0 aliphatic heterocycles. The number of rotatable bonds is 6. The van der Waals surface area contributed by atoms with Gasteiger partial charge in [0.25, 0.3) is 0 Å². The molecule has 1 saturated carbocycles. The maximum absolute atomic E-state index is 13.2. The molecule has 0 unspecified atom stereocenters. The van der Waals surface area contributed by atoms with Crippen molar-refractivity contribution in [2.75, 3.05) is 0 Å². The predicted molar refractivity (Wildman–Crippen MR) is 124 cm³/mol. The zero-order chi connectivity index (χ0) is 22.3. The van der Waals surface area contributed by atoms with Crippen molar-refractivity contribution in [1.82, 2.24) is 0 Å². The van der Waals surface area contributed by atoms with Crippen molar-refractivity contribution in [3.05, 3.63) is 62.6 Å². The largest absolute Gasteiger partial charge is 0.489 e. The van der Waals surface area contributed by atoms with Crippen molar-refractivity contribution < 1.29 is 9.53 Å². The summed E-state index contributed by atoms with van der Waals surface area (Å²) >= 11 is 9.67. The second kappa shape index (κ2) is 8.36. The molecule has 0 amide bonds. The van der Waals surface area contributed by atoms with Crippen LogP contribution in [0.15, 0.2) is 40.9 Å². The first-order valence-corrected chi connectivity index (χ1v) is 11.4. The fraction of sp³-hybridized carbons (Fsp3) is 0.440. The SMILES string of the molecule is CCc1cc(Br)ccc1C(=O)CC1C(C)(C)C(Oc2ccc(C#N)c(Cl)c2)C1(C)C. The number of Topliss-reactive ketones (excluding diaryl/α,β-unsaturated/α-hetero) is 1. The molecule has 0 N–H and O–H groups in total. The van der Waals surface area contributed by atoms with Gasteiger partial charge in [0.15, 0.2) is 5.78 Å². The number of hydrogen-bond acceptors (Lipinski definition) is 3. The van der Waals surface area contributed by atoms with Crippen LogP contribution in [0.4, 0.5) is 0 Å². The van der Waals surface area contributed by atoms with E-state index in [1.807, 2.05) is 18.2 Å². The van der Waals surface area contributed by atoms with E-state index in [2.05, 4.69) is 56.6 Å². The van der Waals surface area contributed by atoms with Gasteiger partial charge in [0.05, 0.1) is 10.6 Å². The molecule has 158 valence electrons. The van der Waals surface area contributed by atoms with Crippen LogP contribution in [0, 0.1) is 28.1 Å². The predicted octanol–water partition coefficient (Wildman–Crippen LogP) is 7.24. The number of aryl methyl sites for hydroxylation is 1. The summed E-state index contributed by atoms with van der Waals surface area (Å²) in [7, 11) is 0. The number of hydrogen-bond donors (Lipinski definition) is 0. The van der Waals surface area contributed by atoms with Crippen molar-refractivity contribution in [3.63, 3.8) is 0 Å². The van der Waals surface area contributed by atoms with Crippen molar-refractivity contribution in [2.45, 2.75) is 53.6 Å². The summed E-state index contributed by atoms with van der Waals surface area (Å²) in [5.41, 5.74) is 1.96. The molecular weight excluding hydrogens is 462 g/mol. The molecule has 3 nitrogen and oxygen atoms in total. The Morgan fingerprint density at radius 2 is 1.83 bits per heavy atom. The molecule has 0 atom stereocenters. The minimum atomic E-state index is -0.179. The lowest BCUT2D eigenvalue weighted by molar-refractivity contribution is -0.196. The number of halogens is 2. The normalized spacial score (nSPS) is 21.4. The fourth-order valence-electron chi connectivity index (χ4n) is 5.23. The van der Waals surface area contributed by atoms with Crippen LogP contribution >= 0.6 is 27.5 Å². The van der Waals surface area contributed by atoms with E-state index in [-0.39, 0.29) is 28.6 Å². The van der Waals surface area contributed by atoms with E-state index in [9.17, 15) is 4.79 Å². The fourth-order valence-corrected chi connectivity index (χ4v) is 5.86. The summed E-state index contributed by atoms with van der Waals surface area (Å²) in [5, 5.41) is 9.46. The molecule has 0 radical (unpaired) electrons. The van der Waals surface area contributed by atoms with Gasteiger partial charge in [-0.05, 0) is 42.2 Å². The summed E-state index contributed by atoms with van der Waals surface area (Å²) in [6.45, 7) is 10.7. The third kappa shape index (κ3) is 4.03. The summed E-state index contributed by atoms with van der Waals surface area (Å²) in [6.07, 6.45) is 1.24. The highest BCUT2D eigenvalue weighted by molar-refractivity contribution is 9.10.